The highest BCUT2D eigenvalue weighted by Crippen LogP contribution is 2.14. The molecule has 0 spiro atoms. The maximum absolute atomic E-state index is 12.2. The zero-order valence-corrected chi connectivity index (χ0v) is 13.2. The lowest BCUT2D eigenvalue weighted by Gasteiger charge is -2.38. The van der Waals surface area contributed by atoms with E-state index in [-0.39, 0.29) is 12.1 Å². The molecule has 1 heterocycles. The second-order valence-electron chi connectivity index (χ2n) is 6.57. The molecular weight excluding hydrogens is 242 g/mol. The Hall–Kier alpha value is -0.810. The molecule has 1 aliphatic rings. The van der Waals surface area contributed by atoms with Gasteiger partial charge in [-0.2, -0.15) is 0 Å². The molecule has 0 aromatic rings. The molecule has 1 N–H and O–H groups in total. The Morgan fingerprint density at radius 2 is 2.11 bits per heavy atom. The fraction of sp³-hybridized carbons (Fsp3) is 0.929. The van der Waals surface area contributed by atoms with Crippen LogP contribution in [0.2, 0.25) is 0 Å². The van der Waals surface area contributed by atoms with Crippen LogP contribution in [0.15, 0.2) is 0 Å². The van der Waals surface area contributed by atoms with E-state index < -0.39 is 5.60 Å². The third kappa shape index (κ3) is 5.37. The first-order valence-corrected chi connectivity index (χ1v) is 7.11. The van der Waals surface area contributed by atoms with Crippen molar-refractivity contribution in [3.63, 3.8) is 0 Å². The predicted molar refractivity (Wildman–Crippen MR) is 77.4 cm³/mol. The average Bonchev–Trinajstić information content (AvgIpc) is 2.24. The molecule has 0 saturated carbocycles. The van der Waals surface area contributed by atoms with Crippen molar-refractivity contribution in [2.75, 3.05) is 33.2 Å². The van der Waals surface area contributed by atoms with Gasteiger partial charge in [0.05, 0.1) is 0 Å². The molecule has 0 aliphatic carbocycles. The first kappa shape index (κ1) is 16.2. The van der Waals surface area contributed by atoms with Crippen molar-refractivity contribution < 1.29 is 9.53 Å². The van der Waals surface area contributed by atoms with Gasteiger partial charge in [-0.1, -0.05) is 0 Å². The number of carbonyl (C=O) groups excluding carboxylic acids is 1. The van der Waals surface area contributed by atoms with E-state index >= 15 is 0 Å². The Kier molecular flexibility index (Phi) is 5.62. The summed E-state index contributed by atoms with van der Waals surface area (Å²) in [4.78, 5) is 16.4. The normalized spacial score (nSPS) is 21.5. The van der Waals surface area contributed by atoms with E-state index in [0.29, 0.717) is 12.6 Å². The largest absolute Gasteiger partial charge is 0.444 e. The van der Waals surface area contributed by atoms with E-state index in [1.165, 1.54) is 0 Å². The first-order chi connectivity index (χ1) is 8.70. The summed E-state index contributed by atoms with van der Waals surface area (Å²) in [5.74, 6) is 0. The van der Waals surface area contributed by atoms with Gasteiger partial charge in [-0.05, 0) is 41.7 Å². The molecule has 0 bridgehead atoms. The van der Waals surface area contributed by atoms with Crippen molar-refractivity contribution in [3.05, 3.63) is 0 Å². The van der Waals surface area contributed by atoms with E-state index in [4.69, 9.17) is 4.74 Å². The second-order valence-corrected chi connectivity index (χ2v) is 6.57. The van der Waals surface area contributed by atoms with Crippen molar-refractivity contribution >= 4 is 6.09 Å². The zero-order valence-electron chi connectivity index (χ0n) is 13.2. The molecule has 1 amide bonds. The van der Waals surface area contributed by atoms with Gasteiger partial charge in [0.15, 0.2) is 0 Å². The summed E-state index contributed by atoms with van der Waals surface area (Å²) in [7, 11) is 2.11. The predicted octanol–water partition coefficient (Wildman–Crippen LogP) is 1.54. The SMILES string of the molecule is CC(C)N(CC1CNCCN1C)C(=O)OC(C)(C)C. The number of ether oxygens (including phenoxy) is 1. The maximum atomic E-state index is 12.2. The van der Waals surface area contributed by atoms with Gasteiger partial charge in [0.25, 0.3) is 0 Å². The lowest BCUT2D eigenvalue weighted by Crippen LogP contribution is -2.56. The highest BCUT2D eigenvalue weighted by Gasteiger charge is 2.28. The molecule has 1 saturated heterocycles. The third-order valence-electron chi connectivity index (χ3n) is 3.30. The van der Waals surface area contributed by atoms with Crippen LogP contribution in [-0.2, 0) is 4.74 Å². The lowest BCUT2D eigenvalue weighted by atomic mass is 10.1. The molecule has 1 aliphatic heterocycles. The Morgan fingerprint density at radius 3 is 2.58 bits per heavy atom. The van der Waals surface area contributed by atoms with Gasteiger partial charge in [-0.3, -0.25) is 4.90 Å². The molecule has 19 heavy (non-hydrogen) atoms. The maximum Gasteiger partial charge on any atom is 0.410 e. The number of piperazine rings is 1. The van der Waals surface area contributed by atoms with E-state index in [9.17, 15) is 4.79 Å². The summed E-state index contributed by atoms with van der Waals surface area (Å²) >= 11 is 0. The Labute approximate surface area is 117 Å². The minimum absolute atomic E-state index is 0.144. The fourth-order valence-corrected chi connectivity index (χ4v) is 2.11. The van der Waals surface area contributed by atoms with E-state index in [2.05, 4.69) is 17.3 Å². The van der Waals surface area contributed by atoms with Crippen molar-refractivity contribution in [3.8, 4) is 0 Å². The van der Waals surface area contributed by atoms with E-state index in [1.54, 1.807) is 0 Å². The molecule has 5 nitrogen and oxygen atoms in total. The molecule has 1 fully saturated rings. The number of amides is 1. The quantitative estimate of drug-likeness (QED) is 0.845. The summed E-state index contributed by atoms with van der Waals surface area (Å²) in [5, 5.41) is 3.38. The van der Waals surface area contributed by atoms with Gasteiger partial charge in [-0.15, -0.1) is 0 Å². The van der Waals surface area contributed by atoms with Crippen molar-refractivity contribution in [1.29, 1.82) is 0 Å². The lowest BCUT2D eigenvalue weighted by molar-refractivity contribution is 0.0119. The van der Waals surface area contributed by atoms with Gasteiger partial charge < -0.3 is 15.0 Å². The minimum Gasteiger partial charge on any atom is -0.444 e. The van der Waals surface area contributed by atoms with Crippen LogP contribution < -0.4 is 5.32 Å². The van der Waals surface area contributed by atoms with Gasteiger partial charge in [0.1, 0.15) is 5.60 Å². The van der Waals surface area contributed by atoms with Crippen LogP contribution >= 0.6 is 0 Å². The Bertz CT molecular complexity index is 300. The Balaban J connectivity index is 2.64. The first-order valence-electron chi connectivity index (χ1n) is 7.11. The van der Waals surface area contributed by atoms with E-state index in [1.807, 2.05) is 39.5 Å². The van der Waals surface area contributed by atoms with Crippen LogP contribution in [-0.4, -0.2) is 66.8 Å². The monoisotopic (exact) mass is 271 g/mol. The van der Waals surface area contributed by atoms with Crippen LogP contribution in [0.25, 0.3) is 0 Å². The van der Waals surface area contributed by atoms with Crippen molar-refractivity contribution in [1.82, 2.24) is 15.1 Å². The van der Waals surface area contributed by atoms with Crippen LogP contribution in [0.5, 0.6) is 0 Å². The molecule has 1 rings (SSSR count). The number of hydrogen-bond acceptors (Lipinski definition) is 4. The highest BCUT2D eigenvalue weighted by atomic mass is 16.6. The standard InChI is InChI=1S/C14H29N3O2/c1-11(2)17(13(18)19-14(3,4)5)10-12-9-15-7-8-16(12)6/h11-12,15H,7-10H2,1-6H3. The second kappa shape index (κ2) is 6.57. The van der Waals surface area contributed by atoms with Crippen LogP contribution in [0.3, 0.4) is 0 Å². The van der Waals surface area contributed by atoms with Crippen molar-refractivity contribution in [2.24, 2.45) is 0 Å². The Morgan fingerprint density at radius 1 is 1.47 bits per heavy atom. The molecule has 0 aromatic heterocycles. The van der Waals surface area contributed by atoms with E-state index in [0.717, 1.165) is 19.6 Å². The number of nitrogens with zero attached hydrogens (tertiary/aromatic N) is 2. The molecule has 1 atom stereocenters. The topological polar surface area (TPSA) is 44.8 Å². The third-order valence-corrected chi connectivity index (χ3v) is 3.30. The van der Waals surface area contributed by atoms with Gasteiger partial charge in [-0.25, -0.2) is 4.79 Å². The molecule has 0 radical (unpaired) electrons. The smallest absolute Gasteiger partial charge is 0.410 e. The van der Waals surface area contributed by atoms with Crippen molar-refractivity contribution in [2.45, 2.75) is 52.3 Å². The number of nitrogens with one attached hydrogen (secondary N) is 1. The number of rotatable bonds is 3. The highest BCUT2D eigenvalue weighted by molar-refractivity contribution is 5.68. The summed E-state index contributed by atoms with van der Waals surface area (Å²) in [6.45, 7) is 13.4. The van der Waals surface area contributed by atoms with Gasteiger partial charge >= 0.3 is 6.09 Å². The van der Waals surface area contributed by atoms with Gasteiger partial charge in [0, 0.05) is 38.3 Å². The molecule has 5 heteroatoms. The summed E-state index contributed by atoms with van der Waals surface area (Å²) in [5.41, 5.74) is -0.444. The fourth-order valence-electron chi connectivity index (χ4n) is 2.11. The number of likely N-dealkylation sites (N-methyl/N-ethyl adjacent to an activating group) is 1. The van der Waals surface area contributed by atoms with Crippen LogP contribution in [0.4, 0.5) is 4.79 Å². The zero-order chi connectivity index (χ0) is 14.6. The number of carbonyl (C=O) groups is 1. The average molecular weight is 271 g/mol. The molecule has 0 aromatic carbocycles. The molecule has 1 unspecified atom stereocenters. The van der Waals surface area contributed by atoms with Gasteiger partial charge in [0.2, 0.25) is 0 Å². The minimum atomic E-state index is -0.444. The summed E-state index contributed by atoms with van der Waals surface area (Å²) in [6.07, 6.45) is -0.221. The molecule has 112 valence electrons. The summed E-state index contributed by atoms with van der Waals surface area (Å²) in [6, 6.07) is 0.494. The summed E-state index contributed by atoms with van der Waals surface area (Å²) < 4.78 is 5.49. The molecular formula is C14H29N3O2. The van der Waals surface area contributed by atoms with Crippen LogP contribution in [0, 0.1) is 0 Å². The van der Waals surface area contributed by atoms with Crippen LogP contribution in [0.1, 0.15) is 34.6 Å². The number of hydrogen-bond donors (Lipinski definition) is 1.